The zero-order chi connectivity index (χ0) is 34.1. The Morgan fingerprint density at radius 1 is 1.00 bits per heavy atom. The van der Waals surface area contributed by atoms with E-state index >= 15 is 0 Å². The van der Waals surface area contributed by atoms with Gasteiger partial charge in [-0.3, -0.25) is 4.79 Å². The molecule has 258 valence electrons. The summed E-state index contributed by atoms with van der Waals surface area (Å²) in [6.45, 7) is 18.2. The minimum atomic E-state index is -2.63. The molecule has 48 heavy (non-hydrogen) atoms. The number of aliphatic hydroxyl groups excluding tert-OH is 1. The molecule has 0 aromatic heterocycles. The molecule has 0 unspecified atom stereocenters. The fourth-order valence-electron chi connectivity index (χ4n) is 12.0. The quantitative estimate of drug-likeness (QED) is 0.238. The lowest BCUT2D eigenvalue weighted by Crippen LogP contribution is -2.68. The standard InChI is InChI=1S/C43H58O4Si/c1-28(2)24-38(44)40-29(3)35-20-21-36-34-19-18-30-25-31(22-23-42(30,7)37(34)26-39(45)43(35,36)27-46-40)47-48(41(4,5)6,32-14-10-8-11-15-32)33-16-12-9-13-17-33/h8-17,30-31,34-38,44H,1,18-27H2,2-7H3/t30-,31-,34-,35+,36-,37-,38-,42-,43+/m0/s1. The van der Waals surface area contributed by atoms with E-state index in [1.807, 2.05) is 6.92 Å². The van der Waals surface area contributed by atoms with Crippen molar-refractivity contribution in [2.45, 2.75) is 117 Å². The highest BCUT2D eigenvalue weighted by Crippen LogP contribution is 2.68. The van der Waals surface area contributed by atoms with Crippen molar-refractivity contribution in [2.75, 3.05) is 6.61 Å². The van der Waals surface area contributed by atoms with E-state index in [1.165, 1.54) is 23.2 Å². The van der Waals surface area contributed by atoms with Crippen LogP contribution in [-0.2, 0) is 14.0 Å². The average Bonchev–Trinajstić information content (AvgIpc) is 3.47. The number of carbonyl (C=O) groups is 1. The van der Waals surface area contributed by atoms with Crippen LogP contribution in [0, 0.1) is 40.4 Å². The maximum Gasteiger partial charge on any atom is 0.261 e. The Kier molecular flexibility index (Phi) is 8.77. The summed E-state index contributed by atoms with van der Waals surface area (Å²) >= 11 is 0. The fraction of sp³-hybridized carbons (Fsp3) is 0.605. The van der Waals surface area contributed by atoms with Crippen molar-refractivity contribution >= 4 is 24.5 Å². The van der Waals surface area contributed by atoms with E-state index in [9.17, 15) is 9.90 Å². The van der Waals surface area contributed by atoms with E-state index in [1.54, 1.807) is 0 Å². The summed E-state index contributed by atoms with van der Waals surface area (Å²) in [5.41, 5.74) is 1.81. The van der Waals surface area contributed by atoms with Crippen molar-refractivity contribution in [1.29, 1.82) is 0 Å². The highest BCUT2D eigenvalue weighted by Gasteiger charge is 2.67. The summed E-state index contributed by atoms with van der Waals surface area (Å²) in [6, 6.07) is 22.1. The molecule has 1 aliphatic heterocycles. The first-order chi connectivity index (χ1) is 22.8. The van der Waals surface area contributed by atoms with Crippen molar-refractivity contribution in [3.05, 3.63) is 84.1 Å². The molecule has 4 aliphatic carbocycles. The van der Waals surface area contributed by atoms with Gasteiger partial charge in [0.25, 0.3) is 8.32 Å². The lowest BCUT2D eigenvalue weighted by Gasteiger charge is -2.61. The van der Waals surface area contributed by atoms with Crippen LogP contribution in [0.3, 0.4) is 0 Å². The van der Waals surface area contributed by atoms with E-state index in [0.29, 0.717) is 54.7 Å². The molecule has 9 atom stereocenters. The van der Waals surface area contributed by atoms with E-state index < -0.39 is 19.8 Å². The number of ketones is 1. The molecule has 4 fully saturated rings. The predicted octanol–water partition coefficient (Wildman–Crippen LogP) is 8.38. The van der Waals surface area contributed by atoms with Crippen molar-refractivity contribution in [3.63, 3.8) is 0 Å². The second-order valence-electron chi connectivity index (χ2n) is 17.6. The summed E-state index contributed by atoms with van der Waals surface area (Å²) in [6.07, 6.45) is 8.59. The zero-order valence-electron chi connectivity index (χ0n) is 30.3. The molecule has 2 aromatic carbocycles. The van der Waals surface area contributed by atoms with Crippen LogP contribution in [-0.4, -0.2) is 38.0 Å². The first kappa shape index (κ1) is 34.0. The molecule has 5 aliphatic rings. The predicted molar refractivity (Wildman–Crippen MR) is 197 cm³/mol. The molecule has 0 bridgehead atoms. The number of ether oxygens (including phenoxy) is 1. The first-order valence-corrected chi connectivity index (χ1v) is 20.7. The number of allylic oxidation sites excluding steroid dienone is 1. The number of carbonyl (C=O) groups excluding carboxylic acids is 1. The number of fused-ring (bicyclic) bond motifs is 4. The Bertz CT molecular complexity index is 1520. The second kappa shape index (κ2) is 12.4. The summed E-state index contributed by atoms with van der Waals surface area (Å²) in [4.78, 5) is 14.6. The molecule has 1 heterocycles. The number of rotatable bonds is 7. The highest BCUT2D eigenvalue weighted by molar-refractivity contribution is 6.99. The van der Waals surface area contributed by atoms with Gasteiger partial charge in [0, 0.05) is 18.9 Å². The van der Waals surface area contributed by atoms with Gasteiger partial charge in [-0.05, 0) is 115 Å². The van der Waals surface area contributed by atoms with Crippen LogP contribution in [0.15, 0.2) is 84.1 Å². The molecule has 7 rings (SSSR count). The maximum atomic E-state index is 14.6. The largest absolute Gasteiger partial charge is 0.494 e. The number of hydrogen-bond acceptors (Lipinski definition) is 4. The maximum absolute atomic E-state index is 14.6. The normalized spacial score (nSPS) is 35.5. The van der Waals surface area contributed by atoms with Crippen LogP contribution in [0.2, 0.25) is 5.04 Å². The Labute approximate surface area is 290 Å². The number of aliphatic hydroxyl groups is 1. The van der Waals surface area contributed by atoms with Gasteiger partial charge in [0.05, 0.1) is 5.41 Å². The van der Waals surface area contributed by atoms with E-state index in [-0.39, 0.29) is 22.5 Å². The Morgan fingerprint density at radius 2 is 1.65 bits per heavy atom. The number of Topliss-reactive ketones (excluding diaryl/α,β-unsaturated/α-hetero) is 1. The molecule has 2 aromatic rings. The molecule has 1 N–H and O–H groups in total. The SMILES string of the molecule is C=C(C)C[C@H](O)C1=C(C)[C@H]2CC[C@H]3[C@@H]4CC[C@H]5C[C@@H](O[Si](c6ccccc6)(c6ccccc6)C(C)(C)C)CC[C@]5(C)[C@H]4CC(=O)[C@]23CO1. The third-order valence-corrected chi connectivity index (χ3v) is 19.3. The van der Waals surface area contributed by atoms with Crippen LogP contribution in [0.1, 0.15) is 99.3 Å². The van der Waals surface area contributed by atoms with E-state index in [4.69, 9.17) is 9.16 Å². The summed E-state index contributed by atoms with van der Waals surface area (Å²) in [5, 5.41) is 13.7. The fourth-order valence-corrected chi connectivity index (χ4v) is 16.7. The molecule has 4 nitrogen and oxygen atoms in total. The molecular formula is C43H58O4Si. The third-order valence-electron chi connectivity index (χ3n) is 14.2. The Balaban J connectivity index is 1.14. The van der Waals surface area contributed by atoms with E-state index in [2.05, 4.69) is 102 Å². The van der Waals surface area contributed by atoms with Crippen molar-refractivity contribution < 1.29 is 19.1 Å². The highest BCUT2D eigenvalue weighted by atomic mass is 28.4. The lowest BCUT2D eigenvalue weighted by atomic mass is 9.44. The zero-order valence-corrected chi connectivity index (χ0v) is 31.3. The average molecular weight is 667 g/mol. The Morgan fingerprint density at radius 3 is 2.25 bits per heavy atom. The molecule has 0 radical (unpaired) electrons. The third kappa shape index (κ3) is 5.16. The van der Waals surface area contributed by atoms with Crippen molar-refractivity contribution in [1.82, 2.24) is 0 Å². The van der Waals surface area contributed by atoms with Gasteiger partial charge in [-0.25, -0.2) is 0 Å². The van der Waals surface area contributed by atoms with Crippen LogP contribution in [0.5, 0.6) is 0 Å². The van der Waals surface area contributed by atoms with E-state index in [0.717, 1.165) is 43.3 Å². The summed E-state index contributed by atoms with van der Waals surface area (Å²) < 4.78 is 14.1. The van der Waals surface area contributed by atoms with Gasteiger partial charge in [0.2, 0.25) is 0 Å². The topological polar surface area (TPSA) is 55.8 Å². The molecule has 4 saturated carbocycles. The summed E-state index contributed by atoms with van der Waals surface area (Å²) in [7, 11) is -2.63. The lowest BCUT2D eigenvalue weighted by molar-refractivity contribution is -0.168. The summed E-state index contributed by atoms with van der Waals surface area (Å²) in [5.74, 6) is 3.31. The van der Waals surface area contributed by atoms with Gasteiger partial charge >= 0.3 is 0 Å². The van der Waals surface area contributed by atoms with Gasteiger partial charge in [-0.1, -0.05) is 93.9 Å². The van der Waals surface area contributed by atoms with Gasteiger partial charge in [0.1, 0.15) is 24.3 Å². The van der Waals surface area contributed by atoms with Crippen molar-refractivity contribution in [2.24, 2.45) is 40.4 Å². The van der Waals surface area contributed by atoms with Crippen molar-refractivity contribution in [3.8, 4) is 0 Å². The minimum Gasteiger partial charge on any atom is -0.494 e. The second-order valence-corrected chi connectivity index (χ2v) is 21.9. The smallest absolute Gasteiger partial charge is 0.261 e. The molecule has 5 heteroatoms. The van der Waals surface area contributed by atoms with Crippen LogP contribution < -0.4 is 10.4 Å². The van der Waals surface area contributed by atoms with Gasteiger partial charge in [0.15, 0.2) is 0 Å². The molecular weight excluding hydrogens is 609 g/mol. The monoisotopic (exact) mass is 666 g/mol. The molecule has 1 spiro atoms. The van der Waals surface area contributed by atoms with Crippen LogP contribution in [0.4, 0.5) is 0 Å². The van der Waals surface area contributed by atoms with Gasteiger partial charge in [-0.15, -0.1) is 6.58 Å². The van der Waals surface area contributed by atoms with Gasteiger partial charge in [-0.2, -0.15) is 0 Å². The van der Waals surface area contributed by atoms with Gasteiger partial charge < -0.3 is 14.3 Å². The minimum absolute atomic E-state index is 0.0354. The number of hydrogen-bond donors (Lipinski definition) is 1. The van der Waals surface area contributed by atoms with Crippen LogP contribution in [0.25, 0.3) is 0 Å². The van der Waals surface area contributed by atoms with Crippen LogP contribution >= 0.6 is 0 Å². The number of benzene rings is 2. The Hall–Kier alpha value is -2.47. The molecule has 0 saturated heterocycles. The first-order valence-electron chi connectivity index (χ1n) is 18.8. The molecule has 0 amide bonds.